The Bertz CT molecular complexity index is 587. The molecule has 0 amide bonds. The predicted octanol–water partition coefficient (Wildman–Crippen LogP) is 4.27. The molecule has 1 heterocycles. The highest BCUT2D eigenvalue weighted by Crippen LogP contribution is 2.25. The number of aromatic nitrogens is 1. The molecule has 3 heteroatoms. The van der Waals surface area contributed by atoms with Crippen LogP contribution in [-0.2, 0) is 6.42 Å². The summed E-state index contributed by atoms with van der Waals surface area (Å²) in [5.74, 6) is 0. The lowest BCUT2D eigenvalue weighted by molar-refractivity contribution is 0.542. The van der Waals surface area contributed by atoms with Gasteiger partial charge in [0.2, 0.25) is 0 Å². The van der Waals surface area contributed by atoms with Gasteiger partial charge in [-0.25, -0.2) is 4.98 Å². The van der Waals surface area contributed by atoms with E-state index in [4.69, 9.17) is 0 Å². The van der Waals surface area contributed by atoms with E-state index in [-0.39, 0.29) is 0 Å². The van der Waals surface area contributed by atoms with Crippen molar-refractivity contribution < 1.29 is 0 Å². The molecule has 0 fully saturated rings. The molecular formula is C17H24N2S. The van der Waals surface area contributed by atoms with E-state index < -0.39 is 0 Å². The summed E-state index contributed by atoms with van der Waals surface area (Å²) in [7, 11) is 0. The van der Waals surface area contributed by atoms with Gasteiger partial charge in [-0.3, -0.25) is 0 Å². The van der Waals surface area contributed by atoms with E-state index in [1.807, 2.05) is 0 Å². The summed E-state index contributed by atoms with van der Waals surface area (Å²) in [5.41, 5.74) is 6.69. The van der Waals surface area contributed by atoms with Gasteiger partial charge >= 0.3 is 0 Å². The van der Waals surface area contributed by atoms with Gasteiger partial charge in [0.15, 0.2) is 0 Å². The molecule has 0 spiro atoms. The topological polar surface area (TPSA) is 24.9 Å². The zero-order chi connectivity index (χ0) is 14.7. The molecule has 1 aromatic carbocycles. The Hall–Kier alpha value is -1.19. The lowest BCUT2D eigenvalue weighted by atomic mass is 9.93. The minimum atomic E-state index is 0.348. The average Bonchev–Trinajstić information content (AvgIpc) is 2.79. The molecule has 0 bridgehead atoms. The van der Waals surface area contributed by atoms with Crippen LogP contribution in [-0.4, -0.2) is 11.5 Å². The summed E-state index contributed by atoms with van der Waals surface area (Å²) in [6, 6.07) is 4.97. The zero-order valence-electron chi connectivity index (χ0n) is 13.1. The van der Waals surface area contributed by atoms with Crippen LogP contribution in [0.5, 0.6) is 0 Å². The molecule has 108 valence electrons. The normalized spacial score (nSPS) is 12.7. The first-order valence-electron chi connectivity index (χ1n) is 7.23. The molecule has 2 nitrogen and oxygen atoms in total. The van der Waals surface area contributed by atoms with Gasteiger partial charge in [0, 0.05) is 17.8 Å². The van der Waals surface area contributed by atoms with Crippen molar-refractivity contribution >= 4 is 11.3 Å². The molecule has 0 saturated heterocycles. The third kappa shape index (κ3) is 3.47. The fourth-order valence-corrected chi connectivity index (χ4v) is 3.23. The number of thiazole rings is 1. The van der Waals surface area contributed by atoms with E-state index in [0.29, 0.717) is 6.04 Å². The smallest absolute Gasteiger partial charge is 0.0897 e. The first kappa shape index (κ1) is 15.2. The van der Waals surface area contributed by atoms with Crippen molar-refractivity contribution in [3.63, 3.8) is 0 Å². The highest BCUT2D eigenvalue weighted by atomic mass is 32.1. The van der Waals surface area contributed by atoms with E-state index in [1.54, 1.807) is 11.3 Å². The Kier molecular flexibility index (Phi) is 4.95. The Balaban J connectivity index is 2.30. The van der Waals surface area contributed by atoms with Gasteiger partial charge in [-0.1, -0.05) is 19.1 Å². The summed E-state index contributed by atoms with van der Waals surface area (Å²) in [6.45, 7) is 11.8. The molecule has 2 aromatic rings. The molecule has 1 atom stereocenters. The van der Waals surface area contributed by atoms with Crippen LogP contribution >= 0.6 is 11.3 Å². The van der Waals surface area contributed by atoms with Gasteiger partial charge < -0.3 is 5.32 Å². The van der Waals surface area contributed by atoms with Crippen LogP contribution in [0.25, 0.3) is 0 Å². The van der Waals surface area contributed by atoms with Crippen LogP contribution in [0, 0.1) is 27.7 Å². The standard InChI is InChI=1S/C17H24N2S/c1-6-18-17(9-15-10-20-14(5)19-15)16-8-12(3)11(2)7-13(16)4/h7-8,10,17-18H,6,9H2,1-5H3. The number of nitrogens with zero attached hydrogens (tertiary/aromatic N) is 1. The van der Waals surface area contributed by atoms with E-state index in [2.05, 4.69) is 62.4 Å². The molecule has 0 saturated carbocycles. The van der Waals surface area contributed by atoms with Crippen molar-refractivity contribution in [1.82, 2.24) is 10.3 Å². The number of rotatable bonds is 5. The molecule has 1 aromatic heterocycles. The van der Waals surface area contributed by atoms with Gasteiger partial charge in [-0.05, 0) is 56.5 Å². The van der Waals surface area contributed by atoms with Crippen LogP contribution in [0.3, 0.4) is 0 Å². The van der Waals surface area contributed by atoms with Crippen molar-refractivity contribution in [3.05, 3.63) is 50.5 Å². The fraction of sp³-hybridized carbons (Fsp3) is 0.471. The monoisotopic (exact) mass is 288 g/mol. The van der Waals surface area contributed by atoms with Crippen molar-refractivity contribution in [3.8, 4) is 0 Å². The molecule has 0 aliphatic rings. The van der Waals surface area contributed by atoms with Gasteiger partial charge in [0.25, 0.3) is 0 Å². The molecular weight excluding hydrogens is 264 g/mol. The van der Waals surface area contributed by atoms with Gasteiger partial charge in [-0.15, -0.1) is 11.3 Å². The SMILES string of the molecule is CCNC(Cc1csc(C)n1)c1cc(C)c(C)cc1C. The van der Waals surface area contributed by atoms with Crippen molar-refractivity contribution in [2.45, 2.75) is 47.1 Å². The van der Waals surface area contributed by atoms with Crippen molar-refractivity contribution in [2.75, 3.05) is 6.54 Å². The predicted molar refractivity (Wildman–Crippen MR) is 87.6 cm³/mol. The zero-order valence-corrected chi connectivity index (χ0v) is 13.9. The van der Waals surface area contributed by atoms with Gasteiger partial charge in [-0.2, -0.15) is 0 Å². The number of likely N-dealkylation sites (N-methyl/N-ethyl adjacent to an activating group) is 1. The highest BCUT2D eigenvalue weighted by molar-refractivity contribution is 7.09. The summed E-state index contributed by atoms with van der Waals surface area (Å²) >= 11 is 1.73. The first-order valence-corrected chi connectivity index (χ1v) is 8.11. The minimum absolute atomic E-state index is 0.348. The molecule has 0 aliphatic carbocycles. The van der Waals surface area contributed by atoms with Gasteiger partial charge in [0.1, 0.15) is 0 Å². The number of hydrogen-bond donors (Lipinski definition) is 1. The largest absolute Gasteiger partial charge is 0.310 e. The highest BCUT2D eigenvalue weighted by Gasteiger charge is 2.16. The third-order valence-corrected chi connectivity index (χ3v) is 4.61. The van der Waals surface area contributed by atoms with E-state index in [0.717, 1.165) is 18.0 Å². The van der Waals surface area contributed by atoms with Crippen LogP contribution in [0.2, 0.25) is 0 Å². The second kappa shape index (κ2) is 6.51. The second-order valence-corrected chi connectivity index (χ2v) is 6.53. The lowest BCUT2D eigenvalue weighted by Gasteiger charge is -2.21. The Morgan fingerprint density at radius 1 is 1.10 bits per heavy atom. The molecule has 0 aliphatic heterocycles. The second-order valence-electron chi connectivity index (χ2n) is 5.47. The number of aryl methyl sites for hydroxylation is 4. The van der Waals surface area contributed by atoms with Crippen LogP contribution in [0.15, 0.2) is 17.5 Å². The molecule has 2 rings (SSSR count). The maximum atomic E-state index is 4.61. The molecule has 1 N–H and O–H groups in total. The maximum absolute atomic E-state index is 4.61. The number of nitrogens with one attached hydrogen (secondary N) is 1. The van der Waals surface area contributed by atoms with Crippen molar-refractivity contribution in [2.24, 2.45) is 0 Å². The number of benzene rings is 1. The molecule has 1 unspecified atom stereocenters. The minimum Gasteiger partial charge on any atom is -0.310 e. The third-order valence-electron chi connectivity index (χ3n) is 3.79. The quantitative estimate of drug-likeness (QED) is 0.888. The van der Waals surface area contributed by atoms with Crippen LogP contribution in [0.4, 0.5) is 0 Å². The van der Waals surface area contributed by atoms with Crippen LogP contribution in [0.1, 0.15) is 45.9 Å². The Morgan fingerprint density at radius 2 is 1.80 bits per heavy atom. The van der Waals surface area contributed by atoms with Gasteiger partial charge in [0.05, 0.1) is 10.7 Å². The summed E-state index contributed by atoms with van der Waals surface area (Å²) < 4.78 is 0. The number of hydrogen-bond acceptors (Lipinski definition) is 3. The van der Waals surface area contributed by atoms with E-state index in [1.165, 1.54) is 27.9 Å². The average molecular weight is 288 g/mol. The maximum Gasteiger partial charge on any atom is 0.0897 e. The van der Waals surface area contributed by atoms with E-state index in [9.17, 15) is 0 Å². The van der Waals surface area contributed by atoms with Crippen molar-refractivity contribution in [1.29, 1.82) is 0 Å². The fourth-order valence-electron chi connectivity index (χ4n) is 2.61. The van der Waals surface area contributed by atoms with Crippen LogP contribution < -0.4 is 5.32 Å². The lowest BCUT2D eigenvalue weighted by Crippen LogP contribution is -2.24. The summed E-state index contributed by atoms with van der Waals surface area (Å²) in [6.07, 6.45) is 0.960. The Labute approximate surface area is 126 Å². The Morgan fingerprint density at radius 3 is 2.40 bits per heavy atom. The molecule has 20 heavy (non-hydrogen) atoms. The van der Waals surface area contributed by atoms with E-state index >= 15 is 0 Å². The molecule has 0 radical (unpaired) electrons. The first-order chi connectivity index (χ1) is 9.51. The summed E-state index contributed by atoms with van der Waals surface area (Å²) in [5, 5.41) is 6.93. The summed E-state index contributed by atoms with van der Waals surface area (Å²) in [4.78, 5) is 4.61.